The minimum absolute atomic E-state index is 0.564. The molecule has 8 aromatic rings. The number of methoxy groups -OCH3 is 8. The third kappa shape index (κ3) is 24.0. The SMILES string of the molecule is COc1c2cc(C[N+](C)(C)C)cc1Cc1cc(C[N+](C)(C)C)cc(c1OC)Cc1cc(C[N+](C)(C)C)cc(c1OC)Cc1cc(C[N+](C)(C)C)cc(c1OC)Cc1cc(C[N+](C)(C)C)cc(c1OC)Cc1cc(C[N+](C)(C)C)cc(c1OC)Cc1cc(C[N+](C)(C)C)cc(c1OC)Cc1cc(C[N+](C)(C)C)cc(c1OC)C2. The van der Waals surface area contributed by atoms with Crippen molar-refractivity contribution >= 4 is 0 Å². The molecule has 0 atom stereocenters. The Morgan fingerprint density at radius 2 is 0.223 bits per heavy atom. The van der Waals surface area contributed by atoms with E-state index >= 15 is 0 Å². The summed E-state index contributed by atoms with van der Waals surface area (Å²) in [7, 11) is 69.3. The zero-order chi connectivity index (χ0) is 82.8. The summed E-state index contributed by atoms with van der Waals surface area (Å²) in [5.41, 5.74) is 27.4. The molecule has 0 saturated heterocycles. The van der Waals surface area contributed by atoms with E-state index < -0.39 is 0 Å². The summed E-state index contributed by atoms with van der Waals surface area (Å²) in [4.78, 5) is 0. The molecule has 608 valence electrons. The Morgan fingerprint density at radius 3 is 0.277 bits per heavy atom. The van der Waals surface area contributed by atoms with E-state index in [0.717, 1.165) is 223 Å². The van der Waals surface area contributed by atoms with Crippen molar-refractivity contribution in [2.75, 3.05) is 226 Å². The number of benzene rings is 8. The van der Waals surface area contributed by atoms with Gasteiger partial charge in [0.2, 0.25) is 0 Å². The minimum Gasteiger partial charge on any atom is -0.496 e. The molecular weight excluding hydrogens is 1390 g/mol. The van der Waals surface area contributed by atoms with Crippen LogP contribution in [0.5, 0.6) is 46.0 Å². The van der Waals surface area contributed by atoms with Crippen LogP contribution in [0.2, 0.25) is 0 Å². The molecule has 0 radical (unpaired) electrons. The molecule has 0 aliphatic heterocycles. The third-order valence-electron chi connectivity index (χ3n) is 20.4. The van der Waals surface area contributed by atoms with E-state index in [1.807, 2.05) is 56.9 Å². The average molecular weight is 1540 g/mol. The molecule has 16 heteroatoms. The molecule has 1 aliphatic carbocycles. The molecule has 16 bridgehead atoms. The normalized spacial score (nSPS) is 13.7. The van der Waals surface area contributed by atoms with E-state index in [1.165, 1.54) is 44.5 Å². The van der Waals surface area contributed by atoms with Gasteiger partial charge >= 0.3 is 0 Å². The van der Waals surface area contributed by atoms with Gasteiger partial charge in [-0.05, 0) is 186 Å². The lowest BCUT2D eigenvalue weighted by molar-refractivity contribution is -0.884. The highest BCUT2D eigenvalue weighted by atomic mass is 16.5. The van der Waals surface area contributed by atoms with Gasteiger partial charge in [0.25, 0.3) is 0 Å². The van der Waals surface area contributed by atoms with E-state index in [-0.39, 0.29) is 0 Å². The van der Waals surface area contributed by atoms with E-state index in [9.17, 15) is 0 Å². The Morgan fingerprint density at radius 1 is 0.152 bits per heavy atom. The van der Waals surface area contributed by atoms with Crippen molar-refractivity contribution in [2.45, 2.75) is 104 Å². The standard InChI is InChI=1S/C96H144N8O8/c1-97(2,3)57-65-33-73-49-75-35-66(58-98(4,5)6)37-77(90(75)106-26)51-79-39-68(60-100(10,11)12)41-81(92(79)108-28)53-83-43-70(62-102(16,17)18)45-85(94(83)110-30)55-87-47-72(64-104(22,23)24)48-88(96(87)112-32)56-86-46-71(63-103(19,20)21)44-84(95(86)111-31)54-82-42-69(61-101(13,14)15)40-80(93(82)109-29)52-78-38-67(59-99(7,8)9)36-76(91(78)107-27)50-74(34-65)89(73)105-25/h33-48H,49-64H2,1-32H3/q+8. The van der Waals surface area contributed by atoms with Gasteiger partial charge in [-0.15, -0.1) is 0 Å². The molecular formula is C96H144N8O8+8. The monoisotopic (exact) mass is 1540 g/mol. The zero-order valence-electron chi connectivity index (χ0n) is 75.4. The van der Waals surface area contributed by atoms with Crippen LogP contribution in [0.4, 0.5) is 0 Å². The van der Waals surface area contributed by atoms with E-state index in [4.69, 9.17) is 37.9 Å². The third-order valence-corrected chi connectivity index (χ3v) is 20.4. The number of ether oxygens (including phenoxy) is 8. The molecule has 0 aromatic heterocycles. The highest BCUT2D eigenvalue weighted by molar-refractivity contribution is 5.61. The number of quaternary nitrogens is 8. The van der Waals surface area contributed by atoms with Gasteiger partial charge in [0, 0.05) is 95.9 Å². The minimum atomic E-state index is 0.564. The molecule has 0 spiro atoms. The quantitative estimate of drug-likeness (QED) is 0.0554. The fourth-order valence-electron chi connectivity index (χ4n) is 17.6. The molecule has 0 fully saturated rings. The van der Waals surface area contributed by atoms with Crippen LogP contribution >= 0.6 is 0 Å². The highest BCUT2D eigenvalue weighted by Crippen LogP contribution is 2.45. The first-order valence-corrected chi connectivity index (χ1v) is 39.9. The first-order valence-electron chi connectivity index (χ1n) is 39.9. The predicted octanol–water partition coefficient (Wildman–Crippen LogP) is 14.4. The molecule has 1 aliphatic rings. The summed E-state index contributed by atoms with van der Waals surface area (Å²) in [5.74, 6) is 6.90. The van der Waals surface area contributed by atoms with Crippen molar-refractivity contribution in [3.8, 4) is 46.0 Å². The van der Waals surface area contributed by atoms with Crippen LogP contribution in [0, 0.1) is 0 Å². The lowest BCUT2D eigenvalue weighted by Gasteiger charge is -2.28. The van der Waals surface area contributed by atoms with Gasteiger partial charge in [-0.2, -0.15) is 0 Å². The molecule has 16 nitrogen and oxygen atoms in total. The molecule has 8 aromatic carbocycles. The Hall–Kier alpha value is -8.16. The number of rotatable bonds is 24. The van der Waals surface area contributed by atoms with Crippen LogP contribution in [0.1, 0.15) is 134 Å². The van der Waals surface area contributed by atoms with Crippen molar-refractivity contribution in [1.82, 2.24) is 0 Å². The van der Waals surface area contributed by atoms with E-state index in [0.29, 0.717) is 51.4 Å². The average Bonchev–Trinajstić information content (AvgIpc) is 0.774. The maximum Gasteiger partial charge on any atom is 0.125 e. The van der Waals surface area contributed by atoms with Gasteiger partial charge in [-0.1, -0.05) is 0 Å². The first kappa shape index (κ1) is 87.8. The molecule has 9 rings (SSSR count). The fraction of sp³-hybridized carbons (Fsp3) is 0.500. The van der Waals surface area contributed by atoms with Crippen molar-refractivity contribution in [2.24, 2.45) is 0 Å². The largest absolute Gasteiger partial charge is 0.496 e. The summed E-state index contributed by atoms with van der Waals surface area (Å²) < 4.78 is 60.6. The summed E-state index contributed by atoms with van der Waals surface area (Å²) in [5, 5.41) is 0. The van der Waals surface area contributed by atoms with Crippen molar-refractivity contribution in [1.29, 1.82) is 0 Å². The smallest absolute Gasteiger partial charge is 0.125 e. The van der Waals surface area contributed by atoms with Gasteiger partial charge in [0.05, 0.1) is 226 Å². The topological polar surface area (TPSA) is 73.8 Å². The lowest BCUT2D eigenvalue weighted by Crippen LogP contribution is -2.33. The predicted molar refractivity (Wildman–Crippen MR) is 460 cm³/mol. The fourth-order valence-corrected chi connectivity index (χ4v) is 17.6. The van der Waals surface area contributed by atoms with Crippen LogP contribution in [-0.2, 0) is 104 Å². The molecule has 0 heterocycles. The molecule has 0 saturated carbocycles. The van der Waals surface area contributed by atoms with E-state index in [2.05, 4.69) is 266 Å². The second kappa shape index (κ2) is 34.5. The van der Waals surface area contributed by atoms with Crippen molar-refractivity contribution < 1.29 is 73.8 Å². The Kier molecular flexibility index (Phi) is 27.0. The molecule has 0 N–H and O–H groups in total. The Balaban J connectivity index is 1.42. The Labute approximate surface area is 676 Å². The lowest BCUT2D eigenvalue weighted by atomic mass is 9.88. The molecule has 0 unspecified atom stereocenters. The van der Waals surface area contributed by atoms with Crippen molar-refractivity contribution in [3.63, 3.8) is 0 Å². The second-order valence-electron chi connectivity index (χ2n) is 40.6. The number of fused-ring (bicyclic) bond motifs is 16. The van der Waals surface area contributed by atoms with Crippen LogP contribution in [0.25, 0.3) is 0 Å². The maximum absolute atomic E-state index is 6.84. The Bertz CT molecular complexity index is 3600. The summed E-state index contributed by atoms with van der Waals surface area (Å²) >= 11 is 0. The first-order chi connectivity index (χ1) is 51.9. The van der Waals surface area contributed by atoms with Crippen molar-refractivity contribution in [3.05, 3.63) is 231 Å². The van der Waals surface area contributed by atoms with Gasteiger partial charge in [-0.3, -0.25) is 0 Å². The zero-order valence-corrected chi connectivity index (χ0v) is 75.4. The number of nitrogens with zero attached hydrogens (tertiary/aromatic N) is 8. The van der Waals surface area contributed by atoms with E-state index in [1.54, 1.807) is 0 Å². The number of hydrogen-bond donors (Lipinski definition) is 0. The number of hydrogen-bond acceptors (Lipinski definition) is 8. The van der Waals surface area contributed by atoms with Gasteiger partial charge in [-0.25, -0.2) is 0 Å². The van der Waals surface area contributed by atoms with Gasteiger partial charge in [0.1, 0.15) is 98.4 Å². The summed E-state index contributed by atoms with van der Waals surface area (Å²) in [6, 6.07) is 38.2. The maximum atomic E-state index is 6.84. The molecule has 0 amide bonds. The van der Waals surface area contributed by atoms with Gasteiger partial charge in [0.15, 0.2) is 0 Å². The van der Waals surface area contributed by atoms with Crippen LogP contribution < -0.4 is 37.9 Å². The summed E-state index contributed by atoms with van der Waals surface area (Å²) in [6.45, 7) is 6.41. The highest BCUT2D eigenvalue weighted by Gasteiger charge is 2.31. The van der Waals surface area contributed by atoms with Crippen LogP contribution in [-0.4, -0.2) is 262 Å². The van der Waals surface area contributed by atoms with Crippen LogP contribution in [0.3, 0.4) is 0 Å². The van der Waals surface area contributed by atoms with Gasteiger partial charge < -0.3 is 73.8 Å². The summed E-state index contributed by atoms with van der Waals surface area (Å²) in [6.07, 6.45) is 4.51. The second-order valence-corrected chi connectivity index (χ2v) is 40.6. The molecule has 112 heavy (non-hydrogen) atoms. The van der Waals surface area contributed by atoms with Crippen LogP contribution in [0.15, 0.2) is 97.1 Å².